The minimum absolute atomic E-state index is 0.0235. The molecule has 0 aliphatic carbocycles. The van der Waals surface area contributed by atoms with Gasteiger partial charge in [-0.1, -0.05) is 12.1 Å². The molecule has 2 aliphatic rings. The molecule has 6 N–H and O–H groups in total. The second kappa shape index (κ2) is 9.79. The number of rotatable bonds is 4. The number of aliphatic hydroxyl groups excluding tert-OH is 1. The summed E-state index contributed by atoms with van der Waals surface area (Å²) in [5.41, 5.74) is -1.21. The number of carboxylic acid groups (broad SMARTS) is 1. The third kappa shape index (κ3) is 6.76. The van der Waals surface area contributed by atoms with E-state index >= 15 is 0 Å². The van der Waals surface area contributed by atoms with Crippen molar-refractivity contribution in [2.75, 3.05) is 6.54 Å². The molecule has 2 atom stereocenters. The van der Waals surface area contributed by atoms with Crippen LogP contribution in [-0.2, 0) is 20.9 Å². The molecule has 1 fully saturated rings. The first-order valence-corrected chi connectivity index (χ1v) is 9.52. The monoisotopic (exact) mass is 498 g/mol. The Balaban J connectivity index is 0.000000509. The predicted octanol–water partition coefficient (Wildman–Crippen LogP) is 1.28. The lowest BCUT2D eigenvalue weighted by molar-refractivity contribution is -0.192. The molecule has 1 unspecified atom stereocenters. The van der Waals surface area contributed by atoms with Crippen LogP contribution in [0.1, 0.15) is 18.9 Å². The number of carboxylic acids is 1. The molecule has 0 radical (unpaired) electrons. The van der Waals surface area contributed by atoms with Crippen molar-refractivity contribution in [2.24, 2.45) is 0 Å². The van der Waals surface area contributed by atoms with Crippen LogP contribution in [-0.4, -0.2) is 58.3 Å². The first kappa shape index (κ1) is 26.8. The van der Waals surface area contributed by atoms with Crippen LogP contribution in [0.15, 0.2) is 35.7 Å². The number of aliphatic carboxylic acids is 1. The van der Waals surface area contributed by atoms with Gasteiger partial charge < -0.3 is 31.5 Å². The number of amides is 2. The summed E-state index contributed by atoms with van der Waals surface area (Å²) in [6.07, 6.45) is -5.62. The van der Waals surface area contributed by atoms with E-state index in [2.05, 4.69) is 21.3 Å². The highest BCUT2D eigenvalue weighted by Gasteiger charge is 2.51. The van der Waals surface area contributed by atoms with E-state index in [1.807, 2.05) is 0 Å². The smallest absolute Gasteiger partial charge is 0.490 e. The minimum Gasteiger partial charge on any atom is -0.501 e. The first-order valence-electron chi connectivity index (χ1n) is 9.52. The summed E-state index contributed by atoms with van der Waals surface area (Å²) in [4.78, 5) is 33.4. The van der Waals surface area contributed by atoms with Crippen molar-refractivity contribution in [1.82, 2.24) is 21.3 Å². The standard InChI is InChI=1S/C17H19F3N4O3.C2HF3O2/c1-16(11-6-17(19,20)8-22-11)23-12(13(25)15(27)24-16)14(26)21-7-9-2-4-10(18)5-3-9;3-2(4,5)1(6)7/h2-5,11,22-23,25H,6-8H2,1H3,(H,21,26)(H,24,27);(H,6,7)/t11-,16?;/m0./s1. The summed E-state index contributed by atoms with van der Waals surface area (Å²) in [7, 11) is 0. The lowest BCUT2D eigenvalue weighted by atomic mass is 9.96. The molecule has 188 valence electrons. The lowest BCUT2D eigenvalue weighted by Gasteiger charge is -2.41. The van der Waals surface area contributed by atoms with E-state index < -0.39 is 71.8 Å². The maximum atomic E-state index is 13.5. The van der Waals surface area contributed by atoms with Crippen LogP contribution in [0.5, 0.6) is 0 Å². The van der Waals surface area contributed by atoms with Crippen molar-refractivity contribution in [3.8, 4) is 0 Å². The highest BCUT2D eigenvalue weighted by molar-refractivity contribution is 6.04. The Kier molecular flexibility index (Phi) is 7.70. The van der Waals surface area contributed by atoms with Gasteiger partial charge in [0.1, 0.15) is 17.2 Å². The number of alkyl halides is 5. The zero-order valence-corrected chi connectivity index (χ0v) is 17.4. The molecule has 1 aromatic carbocycles. The summed E-state index contributed by atoms with van der Waals surface area (Å²) in [6, 6.07) is 4.55. The van der Waals surface area contributed by atoms with Gasteiger partial charge in [0.25, 0.3) is 17.7 Å². The predicted molar refractivity (Wildman–Crippen MR) is 103 cm³/mol. The number of carbonyl (C=O) groups excluding carboxylic acids is 2. The third-order valence-electron chi connectivity index (χ3n) is 4.85. The lowest BCUT2D eigenvalue weighted by Crippen LogP contribution is -2.69. The number of benzene rings is 1. The molecule has 2 heterocycles. The van der Waals surface area contributed by atoms with E-state index in [0.29, 0.717) is 5.56 Å². The van der Waals surface area contributed by atoms with Gasteiger partial charge in [-0.05, 0) is 24.6 Å². The Bertz CT molecular complexity index is 982. The molecule has 1 aromatic rings. The van der Waals surface area contributed by atoms with Gasteiger partial charge in [-0.15, -0.1) is 0 Å². The van der Waals surface area contributed by atoms with Crippen molar-refractivity contribution >= 4 is 17.8 Å². The van der Waals surface area contributed by atoms with Crippen LogP contribution in [0.25, 0.3) is 0 Å². The van der Waals surface area contributed by atoms with E-state index in [4.69, 9.17) is 9.90 Å². The Hall–Kier alpha value is -3.49. The van der Waals surface area contributed by atoms with Crippen LogP contribution in [0.3, 0.4) is 0 Å². The second-order valence-corrected chi connectivity index (χ2v) is 7.61. The molecule has 15 heteroatoms. The zero-order chi connectivity index (χ0) is 25.9. The highest BCUT2D eigenvalue weighted by Crippen LogP contribution is 2.31. The Morgan fingerprint density at radius 1 is 1.18 bits per heavy atom. The summed E-state index contributed by atoms with van der Waals surface area (Å²) in [5, 5.41) is 27.3. The first-order chi connectivity index (χ1) is 15.5. The van der Waals surface area contributed by atoms with Crippen LogP contribution < -0.4 is 21.3 Å². The quantitative estimate of drug-likeness (QED) is 0.344. The maximum Gasteiger partial charge on any atom is 0.490 e. The van der Waals surface area contributed by atoms with Crippen molar-refractivity contribution < 1.29 is 50.9 Å². The van der Waals surface area contributed by atoms with Crippen molar-refractivity contribution in [1.29, 1.82) is 0 Å². The molecule has 1 saturated heterocycles. The van der Waals surface area contributed by atoms with Gasteiger partial charge in [-0.3, -0.25) is 9.59 Å². The molecule has 0 aromatic heterocycles. The van der Waals surface area contributed by atoms with Crippen molar-refractivity contribution in [3.63, 3.8) is 0 Å². The summed E-state index contributed by atoms with van der Waals surface area (Å²) in [5.74, 6) is -8.69. The fraction of sp³-hybridized carbons (Fsp3) is 0.421. The molecule has 0 saturated carbocycles. The summed E-state index contributed by atoms with van der Waals surface area (Å²) >= 11 is 0. The highest BCUT2D eigenvalue weighted by atomic mass is 19.4. The van der Waals surface area contributed by atoms with Crippen LogP contribution >= 0.6 is 0 Å². The molecule has 2 aliphatic heterocycles. The van der Waals surface area contributed by atoms with E-state index in [-0.39, 0.29) is 6.54 Å². The molecule has 0 bridgehead atoms. The van der Waals surface area contributed by atoms with E-state index in [0.717, 1.165) is 0 Å². The fourth-order valence-electron chi connectivity index (χ4n) is 3.09. The van der Waals surface area contributed by atoms with Gasteiger partial charge in [0.15, 0.2) is 0 Å². The number of carbonyl (C=O) groups is 3. The molecule has 9 nitrogen and oxygen atoms in total. The van der Waals surface area contributed by atoms with Gasteiger partial charge in [0.2, 0.25) is 5.76 Å². The molecular formula is C19H20F6N4O5. The van der Waals surface area contributed by atoms with Crippen LogP contribution in [0, 0.1) is 5.82 Å². The Labute approximate surface area is 188 Å². The third-order valence-corrected chi connectivity index (χ3v) is 4.85. The number of halogens is 6. The van der Waals surface area contributed by atoms with E-state index in [1.54, 1.807) is 0 Å². The zero-order valence-electron chi connectivity index (χ0n) is 17.4. The molecule has 2 amide bonds. The van der Waals surface area contributed by atoms with Gasteiger partial charge in [0.05, 0.1) is 12.6 Å². The topological polar surface area (TPSA) is 140 Å². The molecule has 3 rings (SSSR count). The van der Waals surface area contributed by atoms with Crippen molar-refractivity contribution in [3.05, 3.63) is 47.1 Å². The average molecular weight is 498 g/mol. The van der Waals surface area contributed by atoms with Crippen LogP contribution in [0.4, 0.5) is 26.3 Å². The number of hydrogen-bond acceptors (Lipinski definition) is 6. The molecular weight excluding hydrogens is 478 g/mol. The van der Waals surface area contributed by atoms with E-state index in [9.17, 15) is 41.0 Å². The van der Waals surface area contributed by atoms with Gasteiger partial charge in [0, 0.05) is 13.0 Å². The minimum atomic E-state index is -5.08. The van der Waals surface area contributed by atoms with Crippen LogP contribution in [0.2, 0.25) is 0 Å². The Morgan fingerprint density at radius 2 is 1.74 bits per heavy atom. The van der Waals surface area contributed by atoms with Gasteiger partial charge in [-0.25, -0.2) is 18.0 Å². The number of nitrogens with one attached hydrogen (secondary N) is 4. The van der Waals surface area contributed by atoms with Gasteiger partial charge >= 0.3 is 12.1 Å². The summed E-state index contributed by atoms with van der Waals surface area (Å²) in [6.45, 7) is 0.923. The van der Waals surface area contributed by atoms with Crippen molar-refractivity contribution in [2.45, 2.75) is 43.7 Å². The SMILES string of the molecule is CC1([C@@H]2CC(F)(F)CN2)NC(=O)C(O)=C(C(=O)NCc2ccc(F)cc2)N1.O=C(O)C(F)(F)F. The van der Waals surface area contributed by atoms with E-state index in [1.165, 1.54) is 31.2 Å². The van der Waals surface area contributed by atoms with Gasteiger partial charge in [-0.2, -0.15) is 13.2 Å². The normalized spacial score (nSPS) is 23.9. The maximum absolute atomic E-state index is 13.5. The average Bonchev–Trinajstić information content (AvgIpc) is 3.10. The second-order valence-electron chi connectivity index (χ2n) is 7.61. The number of hydrogen-bond donors (Lipinski definition) is 6. The largest absolute Gasteiger partial charge is 0.501 e. The molecule has 0 spiro atoms. The summed E-state index contributed by atoms with van der Waals surface area (Å²) < 4.78 is 71.7. The number of aliphatic hydroxyl groups is 1. The fourth-order valence-corrected chi connectivity index (χ4v) is 3.09. The molecule has 34 heavy (non-hydrogen) atoms. The Morgan fingerprint density at radius 3 is 2.21 bits per heavy atom.